The van der Waals surface area contributed by atoms with E-state index in [0.29, 0.717) is 17.5 Å². The van der Waals surface area contributed by atoms with Gasteiger partial charge in [-0.05, 0) is 25.0 Å². The van der Waals surface area contributed by atoms with Gasteiger partial charge in [-0.15, -0.1) is 0 Å². The summed E-state index contributed by atoms with van der Waals surface area (Å²) in [5, 5.41) is 19.1. The number of rotatable bonds is 3. The number of nitrogens with zero attached hydrogens (tertiary/aromatic N) is 3. The molecule has 2 aliphatic rings. The minimum Gasteiger partial charge on any atom is -0.483 e. The largest absolute Gasteiger partial charge is 0.483 e. The molecule has 4 heterocycles. The second-order valence-corrected chi connectivity index (χ2v) is 8.45. The molecule has 1 aliphatic carbocycles. The zero-order chi connectivity index (χ0) is 21.8. The Morgan fingerprint density at radius 2 is 2.10 bits per heavy atom. The third kappa shape index (κ3) is 4.74. The van der Waals surface area contributed by atoms with E-state index in [1.54, 1.807) is 12.4 Å². The summed E-state index contributed by atoms with van der Waals surface area (Å²) >= 11 is 1.40. The summed E-state index contributed by atoms with van der Waals surface area (Å²) in [5.41, 5.74) is 3.19. The summed E-state index contributed by atoms with van der Waals surface area (Å²) < 4.78 is 5.80. The van der Waals surface area contributed by atoms with E-state index in [-0.39, 0.29) is 11.8 Å². The van der Waals surface area contributed by atoms with Gasteiger partial charge in [0.25, 0.3) is 0 Å². The lowest BCUT2D eigenvalue weighted by Crippen LogP contribution is -2.16. The SMILES string of the molecule is CC(=O)Nc1nc2c(s1)-c1[nH]nc(-c3cccnc3)c1OC2.O=C(O)C1CCCCC1. The Morgan fingerprint density at radius 3 is 2.74 bits per heavy atom. The Labute approximate surface area is 182 Å². The van der Waals surface area contributed by atoms with Crippen LogP contribution in [0, 0.1) is 5.92 Å². The van der Waals surface area contributed by atoms with Crippen LogP contribution in [0.2, 0.25) is 0 Å². The number of pyridine rings is 1. The van der Waals surface area contributed by atoms with Crippen molar-refractivity contribution in [1.29, 1.82) is 0 Å². The number of aromatic amines is 1. The highest BCUT2D eigenvalue weighted by Gasteiger charge is 2.28. The molecule has 1 aliphatic heterocycles. The van der Waals surface area contributed by atoms with Crippen LogP contribution in [0.1, 0.15) is 44.7 Å². The fourth-order valence-corrected chi connectivity index (χ4v) is 4.67. The number of fused-ring (bicyclic) bond motifs is 3. The third-order valence-corrected chi connectivity index (χ3v) is 6.20. The summed E-state index contributed by atoms with van der Waals surface area (Å²) in [6.07, 6.45) is 8.69. The maximum absolute atomic E-state index is 11.2. The Balaban J connectivity index is 0.000000217. The molecular weight excluding hydrogens is 418 g/mol. The normalized spacial score (nSPS) is 15.0. The summed E-state index contributed by atoms with van der Waals surface area (Å²) in [6, 6.07) is 3.78. The fourth-order valence-electron chi connectivity index (χ4n) is 3.66. The van der Waals surface area contributed by atoms with E-state index in [1.807, 2.05) is 12.1 Å². The minimum absolute atomic E-state index is 0.0289. The highest BCUT2D eigenvalue weighted by molar-refractivity contribution is 7.19. The molecule has 0 unspecified atom stereocenters. The van der Waals surface area contributed by atoms with Crippen molar-refractivity contribution in [2.75, 3.05) is 5.32 Å². The molecule has 10 heteroatoms. The van der Waals surface area contributed by atoms with Crippen molar-refractivity contribution in [3.05, 3.63) is 30.2 Å². The molecule has 3 N–H and O–H groups in total. The van der Waals surface area contributed by atoms with E-state index in [2.05, 4.69) is 25.5 Å². The molecular formula is C21H23N5O4S. The molecule has 162 valence electrons. The lowest BCUT2D eigenvalue weighted by molar-refractivity contribution is -0.142. The van der Waals surface area contributed by atoms with Crippen LogP contribution < -0.4 is 10.1 Å². The Hall–Kier alpha value is -3.27. The van der Waals surface area contributed by atoms with Gasteiger partial charge in [-0.2, -0.15) is 5.10 Å². The van der Waals surface area contributed by atoms with Crippen molar-refractivity contribution >= 4 is 28.3 Å². The van der Waals surface area contributed by atoms with E-state index in [1.165, 1.54) is 24.7 Å². The van der Waals surface area contributed by atoms with Crippen LogP contribution in [0.4, 0.5) is 5.13 Å². The molecule has 9 nitrogen and oxygen atoms in total. The minimum atomic E-state index is -0.602. The van der Waals surface area contributed by atoms with Crippen LogP contribution in [-0.2, 0) is 16.2 Å². The first-order valence-corrected chi connectivity index (χ1v) is 11.0. The van der Waals surface area contributed by atoms with Crippen LogP contribution in [0.15, 0.2) is 24.5 Å². The first-order valence-electron chi connectivity index (χ1n) is 10.1. The van der Waals surface area contributed by atoms with Crippen molar-refractivity contribution in [3.8, 4) is 27.6 Å². The molecule has 3 aromatic heterocycles. The van der Waals surface area contributed by atoms with Crippen molar-refractivity contribution in [2.24, 2.45) is 5.92 Å². The number of aromatic nitrogens is 4. The number of thiazole rings is 1. The van der Waals surface area contributed by atoms with Gasteiger partial charge in [-0.1, -0.05) is 30.6 Å². The molecule has 0 bridgehead atoms. The zero-order valence-corrected chi connectivity index (χ0v) is 17.9. The van der Waals surface area contributed by atoms with Gasteiger partial charge in [0.15, 0.2) is 10.9 Å². The van der Waals surface area contributed by atoms with Crippen molar-refractivity contribution in [1.82, 2.24) is 20.2 Å². The van der Waals surface area contributed by atoms with E-state index in [4.69, 9.17) is 9.84 Å². The van der Waals surface area contributed by atoms with Crippen LogP contribution in [0.3, 0.4) is 0 Å². The molecule has 3 aromatic rings. The first kappa shape index (κ1) is 21.0. The summed E-state index contributed by atoms with van der Waals surface area (Å²) in [7, 11) is 0. The van der Waals surface area contributed by atoms with Crippen molar-refractivity contribution in [2.45, 2.75) is 45.6 Å². The lowest BCUT2D eigenvalue weighted by atomic mass is 9.90. The molecule has 0 radical (unpaired) electrons. The lowest BCUT2D eigenvalue weighted by Gasteiger charge is -2.16. The van der Waals surface area contributed by atoms with Gasteiger partial charge in [0.2, 0.25) is 5.91 Å². The summed E-state index contributed by atoms with van der Waals surface area (Å²) in [4.78, 5) is 30.9. The predicted octanol–water partition coefficient (Wildman–Crippen LogP) is 4.10. The molecule has 1 saturated carbocycles. The molecule has 0 aromatic carbocycles. The number of aliphatic carboxylic acids is 1. The molecule has 1 amide bonds. The maximum Gasteiger partial charge on any atom is 0.306 e. The molecule has 5 rings (SSSR count). The number of carboxylic acids is 1. The number of nitrogens with one attached hydrogen (secondary N) is 2. The first-order chi connectivity index (χ1) is 15.0. The molecule has 0 spiro atoms. The number of H-pyrrole nitrogens is 1. The highest BCUT2D eigenvalue weighted by Crippen LogP contribution is 2.45. The number of hydrogen-bond donors (Lipinski definition) is 3. The average molecular weight is 442 g/mol. The maximum atomic E-state index is 11.2. The molecule has 31 heavy (non-hydrogen) atoms. The second kappa shape index (κ2) is 9.25. The quantitative estimate of drug-likeness (QED) is 0.558. The van der Waals surface area contributed by atoms with Gasteiger partial charge in [0.1, 0.15) is 23.7 Å². The van der Waals surface area contributed by atoms with Crippen LogP contribution in [-0.4, -0.2) is 37.1 Å². The van der Waals surface area contributed by atoms with E-state index in [9.17, 15) is 9.59 Å². The zero-order valence-electron chi connectivity index (χ0n) is 17.1. The monoisotopic (exact) mass is 441 g/mol. The van der Waals surface area contributed by atoms with Gasteiger partial charge >= 0.3 is 5.97 Å². The van der Waals surface area contributed by atoms with Gasteiger partial charge in [-0.25, -0.2) is 4.98 Å². The number of ether oxygens (including phenoxy) is 1. The predicted molar refractivity (Wildman–Crippen MR) is 116 cm³/mol. The number of carbonyl (C=O) groups excluding carboxylic acids is 1. The van der Waals surface area contributed by atoms with Crippen LogP contribution >= 0.6 is 11.3 Å². The second-order valence-electron chi connectivity index (χ2n) is 7.46. The van der Waals surface area contributed by atoms with E-state index < -0.39 is 5.97 Å². The van der Waals surface area contributed by atoms with E-state index in [0.717, 1.165) is 53.2 Å². The Bertz CT molecular complexity index is 1070. The van der Waals surface area contributed by atoms with Crippen molar-refractivity contribution < 1.29 is 19.4 Å². The standard InChI is InChI=1S/C14H11N5O2S.C7H12O2/c1-7(20)16-14-17-9-6-21-12-10(8-3-2-4-15-5-8)18-19-11(12)13(9)22-14;8-7(9)6-4-2-1-3-5-6/h2-5H,6H2,1H3,(H,18,19)(H,16,17,20);6H,1-5H2,(H,8,9). The Kier molecular flexibility index (Phi) is 6.26. The van der Waals surface area contributed by atoms with E-state index >= 15 is 0 Å². The number of hydrogen-bond acceptors (Lipinski definition) is 7. The number of carboxylic acid groups (broad SMARTS) is 1. The van der Waals surface area contributed by atoms with Crippen LogP contribution in [0.25, 0.3) is 21.8 Å². The summed E-state index contributed by atoms with van der Waals surface area (Å²) in [6.45, 7) is 1.81. The molecule has 1 fully saturated rings. The smallest absolute Gasteiger partial charge is 0.306 e. The topological polar surface area (TPSA) is 130 Å². The van der Waals surface area contributed by atoms with Crippen molar-refractivity contribution in [3.63, 3.8) is 0 Å². The number of anilines is 1. The summed E-state index contributed by atoms with van der Waals surface area (Å²) in [5.74, 6) is -0.0835. The van der Waals surface area contributed by atoms with Crippen LogP contribution in [0.5, 0.6) is 5.75 Å². The van der Waals surface area contributed by atoms with Gasteiger partial charge in [0, 0.05) is 24.9 Å². The fraction of sp³-hybridized carbons (Fsp3) is 0.381. The van der Waals surface area contributed by atoms with Gasteiger partial charge < -0.3 is 15.2 Å². The highest BCUT2D eigenvalue weighted by atomic mass is 32.1. The number of amides is 1. The average Bonchev–Trinajstić information content (AvgIpc) is 3.38. The van der Waals surface area contributed by atoms with Gasteiger partial charge in [-0.3, -0.25) is 19.7 Å². The number of carbonyl (C=O) groups is 2. The Morgan fingerprint density at radius 1 is 1.29 bits per heavy atom. The van der Waals surface area contributed by atoms with Gasteiger partial charge in [0.05, 0.1) is 10.8 Å². The molecule has 0 saturated heterocycles. The third-order valence-electron chi connectivity index (χ3n) is 5.17. The molecule has 0 atom stereocenters.